The summed E-state index contributed by atoms with van der Waals surface area (Å²) in [6.45, 7) is 6.25. The average Bonchev–Trinajstić information content (AvgIpc) is 2.26. The maximum Gasteiger partial charge on any atom is 0.283 e. The Balaban J connectivity index is 3.06. The van der Waals surface area contributed by atoms with Crippen molar-refractivity contribution in [2.75, 3.05) is 14.1 Å². The molecular weight excluding hydrogens is 248 g/mol. The monoisotopic (exact) mass is 268 g/mol. The fourth-order valence-electron chi connectivity index (χ4n) is 1.34. The summed E-state index contributed by atoms with van der Waals surface area (Å²) < 4.78 is 27.3. The lowest BCUT2D eigenvalue weighted by Crippen LogP contribution is -2.12. The highest BCUT2D eigenvalue weighted by Gasteiger charge is 2.16. The van der Waals surface area contributed by atoms with E-state index in [0.29, 0.717) is 0 Å². The van der Waals surface area contributed by atoms with E-state index >= 15 is 0 Å². The van der Waals surface area contributed by atoms with E-state index in [1.165, 1.54) is 6.34 Å². The first-order valence-corrected chi connectivity index (χ1v) is 7.14. The van der Waals surface area contributed by atoms with Crippen molar-refractivity contribution >= 4 is 16.4 Å². The second-order valence-electron chi connectivity index (χ2n) is 5.43. The largest absolute Gasteiger partial charge is 0.368 e. The minimum absolute atomic E-state index is 0.00912. The van der Waals surface area contributed by atoms with Crippen LogP contribution in [0.15, 0.2) is 33.6 Å². The standard InChI is InChI=1S/C13H20N2O2S/c1-13(2,3)11-6-8-12(9-7-11)18(16,17)14-10-15(4)5/h6-10H,1-5H3/b14-10+. The van der Waals surface area contributed by atoms with Gasteiger partial charge in [0.1, 0.15) is 6.34 Å². The van der Waals surface area contributed by atoms with Crippen LogP contribution in [0.2, 0.25) is 0 Å². The summed E-state index contributed by atoms with van der Waals surface area (Å²) in [5.74, 6) is 0. The van der Waals surface area contributed by atoms with Gasteiger partial charge >= 0.3 is 0 Å². The Morgan fingerprint density at radius 3 is 2.00 bits per heavy atom. The molecule has 0 amide bonds. The van der Waals surface area contributed by atoms with E-state index in [4.69, 9.17) is 0 Å². The van der Waals surface area contributed by atoms with Gasteiger partial charge in [-0.2, -0.15) is 8.42 Å². The van der Waals surface area contributed by atoms with Crippen molar-refractivity contribution in [1.29, 1.82) is 0 Å². The third-order valence-electron chi connectivity index (χ3n) is 2.44. The summed E-state index contributed by atoms with van der Waals surface area (Å²) in [6, 6.07) is 6.86. The molecular formula is C13H20N2O2S. The second kappa shape index (κ2) is 5.10. The summed E-state index contributed by atoms with van der Waals surface area (Å²) in [6.07, 6.45) is 1.28. The van der Waals surface area contributed by atoms with Gasteiger partial charge in [0.25, 0.3) is 10.0 Å². The van der Waals surface area contributed by atoms with Crippen molar-refractivity contribution in [3.8, 4) is 0 Å². The second-order valence-corrected chi connectivity index (χ2v) is 7.07. The highest BCUT2D eigenvalue weighted by atomic mass is 32.2. The van der Waals surface area contributed by atoms with E-state index in [1.54, 1.807) is 31.1 Å². The molecule has 0 saturated heterocycles. The van der Waals surface area contributed by atoms with E-state index in [0.717, 1.165) is 5.56 Å². The number of rotatable bonds is 3. The Morgan fingerprint density at radius 2 is 1.61 bits per heavy atom. The van der Waals surface area contributed by atoms with Crippen LogP contribution in [-0.2, 0) is 15.4 Å². The third-order valence-corrected chi connectivity index (χ3v) is 3.67. The SMILES string of the molecule is CN(C)/C=N/S(=O)(=O)c1ccc(C(C)(C)C)cc1. The molecule has 0 aromatic heterocycles. The van der Waals surface area contributed by atoms with Gasteiger partial charge in [-0.15, -0.1) is 4.40 Å². The normalized spacial score (nSPS) is 12.9. The van der Waals surface area contributed by atoms with Crippen LogP contribution in [0.25, 0.3) is 0 Å². The summed E-state index contributed by atoms with van der Waals surface area (Å²) in [5, 5.41) is 0. The molecule has 1 aromatic rings. The Kier molecular flexibility index (Phi) is 4.16. The maximum absolute atomic E-state index is 11.9. The van der Waals surface area contributed by atoms with Gasteiger partial charge < -0.3 is 4.90 Å². The maximum atomic E-state index is 11.9. The first-order chi connectivity index (χ1) is 8.13. The summed E-state index contributed by atoms with van der Waals surface area (Å²) in [5.41, 5.74) is 1.10. The molecule has 0 heterocycles. The van der Waals surface area contributed by atoms with Crippen LogP contribution in [0.1, 0.15) is 26.3 Å². The van der Waals surface area contributed by atoms with E-state index in [1.807, 2.05) is 12.1 Å². The lowest BCUT2D eigenvalue weighted by molar-refractivity contribution is 0.586. The van der Waals surface area contributed by atoms with Gasteiger partial charge in [0.2, 0.25) is 0 Å². The molecule has 0 N–H and O–H groups in total. The third kappa shape index (κ3) is 3.84. The molecule has 0 aliphatic heterocycles. The fraction of sp³-hybridized carbons (Fsp3) is 0.462. The lowest BCUT2D eigenvalue weighted by Gasteiger charge is -2.18. The zero-order valence-electron chi connectivity index (χ0n) is 11.5. The molecule has 1 rings (SSSR count). The lowest BCUT2D eigenvalue weighted by atomic mass is 9.87. The number of benzene rings is 1. The van der Waals surface area contributed by atoms with Gasteiger partial charge in [-0.05, 0) is 23.1 Å². The Morgan fingerprint density at radius 1 is 1.11 bits per heavy atom. The Bertz CT molecular complexity index is 523. The van der Waals surface area contributed by atoms with E-state index in [9.17, 15) is 8.42 Å². The van der Waals surface area contributed by atoms with Gasteiger partial charge in [-0.25, -0.2) is 0 Å². The predicted molar refractivity (Wildman–Crippen MR) is 74.5 cm³/mol. The first kappa shape index (κ1) is 14.7. The van der Waals surface area contributed by atoms with Gasteiger partial charge in [-0.3, -0.25) is 0 Å². The van der Waals surface area contributed by atoms with Crippen LogP contribution in [0, 0.1) is 0 Å². The van der Waals surface area contributed by atoms with Crippen LogP contribution < -0.4 is 0 Å². The highest BCUT2D eigenvalue weighted by Crippen LogP contribution is 2.23. The molecule has 0 atom stereocenters. The Labute approximate surface area is 109 Å². The number of hydrogen-bond donors (Lipinski definition) is 0. The molecule has 18 heavy (non-hydrogen) atoms. The summed E-state index contributed by atoms with van der Waals surface area (Å²) >= 11 is 0. The zero-order valence-corrected chi connectivity index (χ0v) is 12.3. The van der Waals surface area contributed by atoms with E-state index in [-0.39, 0.29) is 10.3 Å². The van der Waals surface area contributed by atoms with Crippen molar-refractivity contribution < 1.29 is 8.42 Å². The Hall–Kier alpha value is -1.36. The van der Waals surface area contributed by atoms with E-state index < -0.39 is 10.0 Å². The molecule has 0 spiro atoms. The topological polar surface area (TPSA) is 49.7 Å². The molecule has 0 aliphatic carbocycles. The van der Waals surface area contributed by atoms with Crippen LogP contribution in [0.4, 0.5) is 0 Å². The zero-order chi connectivity index (χ0) is 14.0. The van der Waals surface area contributed by atoms with Crippen LogP contribution in [0.3, 0.4) is 0 Å². The fourth-order valence-corrected chi connectivity index (χ4v) is 2.26. The van der Waals surface area contributed by atoms with Crippen molar-refractivity contribution in [3.05, 3.63) is 29.8 Å². The van der Waals surface area contributed by atoms with Crippen LogP contribution in [0.5, 0.6) is 0 Å². The molecule has 0 bridgehead atoms. The molecule has 0 unspecified atom stereocenters. The van der Waals surface area contributed by atoms with Crippen LogP contribution in [-0.4, -0.2) is 33.8 Å². The van der Waals surface area contributed by atoms with Gasteiger partial charge in [0.05, 0.1) is 4.90 Å². The molecule has 0 aliphatic rings. The first-order valence-electron chi connectivity index (χ1n) is 5.70. The number of hydrogen-bond acceptors (Lipinski definition) is 2. The van der Waals surface area contributed by atoms with Gasteiger partial charge in [-0.1, -0.05) is 32.9 Å². The molecule has 0 radical (unpaired) electrons. The predicted octanol–water partition coefficient (Wildman–Crippen LogP) is 2.26. The van der Waals surface area contributed by atoms with Gasteiger partial charge in [0.15, 0.2) is 0 Å². The van der Waals surface area contributed by atoms with Crippen molar-refractivity contribution in [2.45, 2.75) is 31.1 Å². The minimum Gasteiger partial charge on any atom is -0.368 e. The molecule has 0 fully saturated rings. The molecule has 100 valence electrons. The summed E-state index contributed by atoms with van der Waals surface area (Å²) in [4.78, 5) is 1.80. The molecule has 5 heteroatoms. The number of nitrogens with zero attached hydrogens (tertiary/aromatic N) is 2. The minimum atomic E-state index is -3.59. The van der Waals surface area contributed by atoms with Crippen LogP contribution >= 0.6 is 0 Å². The summed E-state index contributed by atoms with van der Waals surface area (Å²) in [7, 11) is -0.142. The smallest absolute Gasteiger partial charge is 0.283 e. The quantitative estimate of drug-likeness (QED) is 0.624. The van der Waals surface area contributed by atoms with Gasteiger partial charge in [0, 0.05) is 14.1 Å². The highest BCUT2D eigenvalue weighted by molar-refractivity contribution is 7.90. The number of sulfonamides is 1. The molecule has 4 nitrogen and oxygen atoms in total. The van der Waals surface area contributed by atoms with Crippen molar-refractivity contribution in [2.24, 2.45) is 4.40 Å². The van der Waals surface area contributed by atoms with Crippen molar-refractivity contribution in [1.82, 2.24) is 4.90 Å². The molecule has 1 aromatic carbocycles. The molecule has 0 saturated carbocycles. The average molecular weight is 268 g/mol. The van der Waals surface area contributed by atoms with Crippen molar-refractivity contribution in [3.63, 3.8) is 0 Å². The van der Waals surface area contributed by atoms with E-state index in [2.05, 4.69) is 25.2 Å².